The van der Waals surface area contributed by atoms with Crippen LogP contribution in [0.25, 0.3) is 0 Å². The molecule has 0 spiro atoms. The predicted octanol–water partition coefficient (Wildman–Crippen LogP) is 0.216. The quantitative estimate of drug-likeness (QED) is 0.796. The van der Waals surface area contributed by atoms with Gasteiger partial charge >= 0.3 is 5.97 Å². The molecule has 1 aromatic heterocycles. The van der Waals surface area contributed by atoms with Crippen LogP contribution < -0.4 is 0 Å². The van der Waals surface area contributed by atoms with Gasteiger partial charge in [0.25, 0.3) is 5.91 Å². The number of carbonyl (C=O) groups excluding carboxylic acids is 1. The van der Waals surface area contributed by atoms with Gasteiger partial charge in [-0.25, -0.2) is 4.79 Å². The molecule has 18 heavy (non-hydrogen) atoms. The van der Waals surface area contributed by atoms with E-state index < -0.39 is 5.97 Å². The maximum Gasteiger partial charge on any atom is 0.374 e. The number of aromatic nitrogens is 1. The van der Waals surface area contributed by atoms with Crippen molar-refractivity contribution in [1.82, 2.24) is 10.1 Å². The van der Waals surface area contributed by atoms with Gasteiger partial charge in [-0.1, -0.05) is 5.16 Å². The summed E-state index contributed by atoms with van der Waals surface area (Å²) in [7, 11) is 1.61. The molecule has 0 atom stereocenters. The highest BCUT2D eigenvalue weighted by molar-refractivity contribution is 5.94. The summed E-state index contributed by atoms with van der Waals surface area (Å²) < 4.78 is 4.52. The highest BCUT2D eigenvalue weighted by Crippen LogP contribution is 2.27. The molecule has 7 nitrogen and oxygen atoms in total. The van der Waals surface area contributed by atoms with E-state index in [1.54, 1.807) is 7.05 Å². The topological polar surface area (TPSA) is 104 Å². The number of aromatic carboxylic acids is 1. The van der Waals surface area contributed by atoms with Crippen LogP contribution in [0.4, 0.5) is 0 Å². The van der Waals surface area contributed by atoms with Gasteiger partial charge in [0, 0.05) is 19.7 Å². The maximum absolute atomic E-state index is 11.9. The molecule has 1 amide bonds. The van der Waals surface area contributed by atoms with E-state index in [4.69, 9.17) is 10.2 Å². The van der Waals surface area contributed by atoms with Crippen molar-refractivity contribution in [3.63, 3.8) is 0 Å². The van der Waals surface area contributed by atoms with E-state index in [0.29, 0.717) is 25.3 Å². The first-order valence-electron chi connectivity index (χ1n) is 5.61. The van der Waals surface area contributed by atoms with Crippen LogP contribution in [0.3, 0.4) is 0 Å². The molecular weight excluding hydrogens is 240 g/mol. The van der Waals surface area contributed by atoms with Gasteiger partial charge in [0.2, 0.25) is 5.76 Å². The summed E-state index contributed by atoms with van der Waals surface area (Å²) >= 11 is 0. The number of hydrogen-bond acceptors (Lipinski definition) is 5. The average molecular weight is 254 g/mol. The summed E-state index contributed by atoms with van der Waals surface area (Å²) in [6, 6.07) is 1.11. The average Bonchev–Trinajstić information content (AvgIpc) is 2.75. The molecule has 7 heteroatoms. The molecule has 1 aliphatic rings. The van der Waals surface area contributed by atoms with Crippen molar-refractivity contribution in [2.45, 2.75) is 18.9 Å². The molecule has 0 aromatic carbocycles. The summed E-state index contributed by atoms with van der Waals surface area (Å²) in [6.45, 7) is 0.519. The lowest BCUT2D eigenvalue weighted by atomic mass is 9.82. The number of carboxylic acids is 1. The van der Waals surface area contributed by atoms with E-state index >= 15 is 0 Å². The van der Waals surface area contributed by atoms with Crippen LogP contribution in [0, 0.1) is 5.92 Å². The number of amides is 1. The van der Waals surface area contributed by atoms with Gasteiger partial charge in [-0.3, -0.25) is 4.79 Å². The Bertz CT molecular complexity index is 464. The fourth-order valence-corrected chi connectivity index (χ4v) is 1.99. The molecule has 0 aliphatic heterocycles. The van der Waals surface area contributed by atoms with Crippen molar-refractivity contribution >= 4 is 11.9 Å². The van der Waals surface area contributed by atoms with Crippen molar-refractivity contribution in [3.8, 4) is 0 Å². The second-order valence-corrected chi connectivity index (χ2v) is 4.56. The van der Waals surface area contributed by atoms with Gasteiger partial charge in [0.05, 0.1) is 6.10 Å². The summed E-state index contributed by atoms with van der Waals surface area (Å²) in [4.78, 5) is 23.9. The Morgan fingerprint density at radius 3 is 2.72 bits per heavy atom. The molecule has 1 aromatic rings. The van der Waals surface area contributed by atoms with Crippen molar-refractivity contribution in [1.29, 1.82) is 0 Å². The molecule has 2 rings (SSSR count). The molecule has 0 bridgehead atoms. The number of hydrogen-bond donors (Lipinski definition) is 2. The monoisotopic (exact) mass is 254 g/mol. The van der Waals surface area contributed by atoms with Crippen LogP contribution in [0.1, 0.15) is 33.9 Å². The van der Waals surface area contributed by atoms with Crippen LogP contribution in [-0.2, 0) is 0 Å². The molecular formula is C11H14N2O5. The highest BCUT2D eigenvalue weighted by Gasteiger charge is 2.30. The molecule has 1 heterocycles. The van der Waals surface area contributed by atoms with Crippen molar-refractivity contribution in [2.75, 3.05) is 13.6 Å². The first kappa shape index (κ1) is 12.6. The Kier molecular flexibility index (Phi) is 3.33. The molecule has 0 saturated heterocycles. The van der Waals surface area contributed by atoms with Gasteiger partial charge in [-0.15, -0.1) is 0 Å². The molecule has 1 saturated carbocycles. The van der Waals surface area contributed by atoms with E-state index in [9.17, 15) is 9.59 Å². The zero-order valence-electron chi connectivity index (χ0n) is 9.87. The fourth-order valence-electron chi connectivity index (χ4n) is 1.99. The first-order valence-corrected chi connectivity index (χ1v) is 5.61. The van der Waals surface area contributed by atoms with E-state index in [1.807, 2.05) is 0 Å². The van der Waals surface area contributed by atoms with Gasteiger partial charge in [-0.2, -0.15) is 0 Å². The van der Waals surface area contributed by atoms with E-state index in [0.717, 1.165) is 6.07 Å². The van der Waals surface area contributed by atoms with E-state index in [2.05, 4.69) is 9.68 Å². The predicted molar refractivity (Wildman–Crippen MR) is 59.2 cm³/mol. The van der Waals surface area contributed by atoms with Crippen LogP contribution in [-0.4, -0.2) is 51.8 Å². The summed E-state index contributed by atoms with van der Waals surface area (Å²) in [6.07, 6.45) is 1.12. The lowest BCUT2D eigenvalue weighted by molar-refractivity contribution is 0.0263. The fraction of sp³-hybridized carbons (Fsp3) is 0.545. The second-order valence-electron chi connectivity index (χ2n) is 4.56. The van der Waals surface area contributed by atoms with Gasteiger partial charge in [-0.05, 0) is 18.8 Å². The second kappa shape index (κ2) is 4.77. The largest absolute Gasteiger partial charge is 0.475 e. The van der Waals surface area contributed by atoms with Crippen LogP contribution in [0.2, 0.25) is 0 Å². The molecule has 0 unspecified atom stereocenters. The van der Waals surface area contributed by atoms with E-state index in [-0.39, 0.29) is 23.5 Å². The maximum atomic E-state index is 11.9. The Hall–Kier alpha value is -1.89. The number of carbonyl (C=O) groups is 2. The molecule has 2 N–H and O–H groups in total. The summed E-state index contributed by atoms with van der Waals surface area (Å²) in [5.74, 6) is -1.70. The van der Waals surface area contributed by atoms with Crippen molar-refractivity contribution in [3.05, 3.63) is 17.5 Å². The lowest BCUT2D eigenvalue weighted by Gasteiger charge is -2.34. The standard InChI is InChI=1S/C11H14N2O5/c1-13(5-6-2-7(14)3-6)10(15)8-4-9(11(16)17)18-12-8/h4,6-7,14H,2-3,5H2,1H3,(H,16,17). The van der Waals surface area contributed by atoms with Gasteiger partial charge in [0.15, 0.2) is 5.69 Å². The molecule has 1 fully saturated rings. The Morgan fingerprint density at radius 1 is 1.56 bits per heavy atom. The third-order valence-corrected chi connectivity index (χ3v) is 3.03. The van der Waals surface area contributed by atoms with Gasteiger partial charge in [0.1, 0.15) is 0 Å². The minimum absolute atomic E-state index is 0.0187. The number of aliphatic hydroxyl groups excluding tert-OH is 1. The Balaban J connectivity index is 1.94. The number of aliphatic hydroxyl groups is 1. The number of rotatable bonds is 4. The SMILES string of the molecule is CN(CC1CC(O)C1)C(=O)c1cc(C(=O)O)on1. The van der Waals surface area contributed by atoms with Crippen LogP contribution in [0.5, 0.6) is 0 Å². The summed E-state index contributed by atoms with van der Waals surface area (Å²) in [5.41, 5.74) is -0.0187. The Labute approximate surface area is 103 Å². The minimum Gasteiger partial charge on any atom is -0.475 e. The van der Waals surface area contributed by atoms with Crippen molar-refractivity contribution in [2.24, 2.45) is 5.92 Å². The number of carboxylic acid groups (broad SMARTS) is 1. The van der Waals surface area contributed by atoms with Gasteiger partial charge < -0.3 is 19.6 Å². The lowest BCUT2D eigenvalue weighted by Crippen LogP contribution is -2.39. The number of nitrogens with zero attached hydrogens (tertiary/aromatic N) is 2. The highest BCUT2D eigenvalue weighted by atomic mass is 16.5. The van der Waals surface area contributed by atoms with Crippen LogP contribution >= 0.6 is 0 Å². The first-order chi connectivity index (χ1) is 8.47. The van der Waals surface area contributed by atoms with E-state index in [1.165, 1.54) is 4.90 Å². The van der Waals surface area contributed by atoms with Crippen molar-refractivity contribution < 1.29 is 24.3 Å². The third-order valence-electron chi connectivity index (χ3n) is 3.03. The molecule has 0 radical (unpaired) electrons. The summed E-state index contributed by atoms with van der Waals surface area (Å²) in [5, 5.41) is 21.2. The smallest absolute Gasteiger partial charge is 0.374 e. The zero-order chi connectivity index (χ0) is 13.3. The third kappa shape index (κ3) is 2.51. The molecule has 98 valence electrons. The normalized spacial score (nSPS) is 22.3. The molecule has 1 aliphatic carbocycles. The van der Waals surface area contributed by atoms with Crippen LogP contribution in [0.15, 0.2) is 10.6 Å². The minimum atomic E-state index is -1.26. The zero-order valence-corrected chi connectivity index (χ0v) is 9.87. The Morgan fingerprint density at radius 2 is 2.22 bits per heavy atom.